The lowest BCUT2D eigenvalue weighted by molar-refractivity contribution is -0.116. The molecule has 0 bridgehead atoms. The lowest BCUT2D eigenvalue weighted by atomic mass is 10.1. The van der Waals surface area contributed by atoms with E-state index in [2.05, 4.69) is 26.6 Å². The lowest BCUT2D eigenvalue weighted by Crippen LogP contribution is -2.44. The lowest BCUT2D eigenvalue weighted by Gasteiger charge is -2.28. The molecule has 5 amide bonds. The van der Waals surface area contributed by atoms with Crippen molar-refractivity contribution < 1.29 is 38.2 Å². The van der Waals surface area contributed by atoms with Crippen molar-refractivity contribution in [3.63, 3.8) is 0 Å². The molecule has 0 saturated carbocycles. The first-order chi connectivity index (χ1) is 28.3. The van der Waals surface area contributed by atoms with Crippen LogP contribution >= 0.6 is 0 Å². The van der Waals surface area contributed by atoms with Gasteiger partial charge in [-0.05, 0) is 70.6 Å². The zero-order valence-electron chi connectivity index (χ0n) is 34.6. The maximum absolute atomic E-state index is 13.4. The van der Waals surface area contributed by atoms with Crippen molar-refractivity contribution in [2.75, 3.05) is 75.8 Å². The smallest absolute Gasteiger partial charge is 0.272 e. The summed E-state index contributed by atoms with van der Waals surface area (Å²) in [5.41, 5.74) is 3.36. The maximum Gasteiger partial charge on any atom is 0.272 e. The summed E-state index contributed by atoms with van der Waals surface area (Å²) in [7, 11) is 12.2. The van der Waals surface area contributed by atoms with Gasteiger partial charge in [0.15, 0.2) is 11.5 Å². The van der Waals surface area contributed by atoms with E-state index in [4.69, 9.17) is 14.2 Å². The number of ether oxygens (including phenoxy) is 3. The van der Waals surface area contributed by atoms with Crippen molar-refractivity contribution in [1.29, 1.82) is 0 Å². The molecule has 2 aliphatic heterocycles. The quantitative estimate of drug-likeness (QED) is 0.0982. The van der Waals surface area contributed by atoms with Gasteiger partial charge >= 0.3 is 0 Å². The molecule has 1 saturated heterocycles. The molecule has 5 heterocycles. The Balaban J connectivity index is 0.986. The number of nitrogens with one attached hydrogen (secondary N) is 5. The Labute approximate surface area is 343 Å². The van der Waals surface area contributed by atoms with Gasteiger partial charge in [0.25, 0.3) is 23.6 Å². The van der Waals surface area contributed by atoms with Gasteiger partial charge in [-0.15, -0.1) is 0 Å². The summed E-state index contributed by atoms with van der Waals surface area (Å²) in [5.74, 6) is -0.589. The van der Waals surface area contributed by atoms with E-state index >= 15 is 0 Å². The number of methoxy groups -OCH3 is 2. The minimum Gasteiger partial charge on any atom is -0.493 e. The van der Waals surface area contributed by atoms with Crippen molar-refractivity contribution in [3.8, 4) is 11.5 Å². The predicted octanol–water partition coefficient (Wildman–Crippen LogP) is 3.70. The van der Waals surface area contributed by atoms with Crippen molar-refractivity contribution in [1.82, 2.24) is 28.8 Å². The van der Waals surface area contributed by atoms with Crippen LogP contribution in [-0.2, 0) is 30.7 Å². The van der Waals surface area contributed by atoms with E-state index in [-0.39, 0.29) is 54.4 Å². The summed E-state index contributed by atoms with van der Waals surface area (Å²) in [5, 5.41) is 14.7. The number of rotatable bonds is 17. The SMILES string of the molecule is COc1cc2c(cc1OCCCC(=O)Nc1cc(C(=O)Nc3cc(C(=O)Nc4cc(C(=O)NCCCN(C)C)n(C)c4)n(C)c3)n(C)c1)NC(OC)[C@@H]1CCCN1C2=O. The molecule has 6 rings (SSSR count). The van der Waals surface area contributed by atoms with Gasteiger partial charge in [-0.25, -0.2) is 0 Å². The highest BCUT2D eigenvalue weighted by Gasteiger charge is 2.40. The second-order valence-electron chi connectivity index (χ2n) is 15.1. The molecule has 18 nitrogen and oxygen atoms in total. The summed E-state index contributed by atoms with van der Waals surface area (Å²) >= 11 is 0. The number of aryl methyl sites for hydroxylation is 3. The van der Waals surface area contributed by atoms with Crippen LogP contribution in [0.15, 0.2) is 48.9 Å². The van der Waals surface area contributed by atoms with Gasteiger partial charge in [0.05, 0.1) is 48.1 Å². The van der Waals surface area contributed by atoms with Crippen LogP contribution in [0.2, 0.25) is 0 Å². The van der Waals surface area contributed by atoms with Gasteiger partial charge in [0.2, 0.25) is 5.91 Å². The largest absolute Gasteiger partial charge is 0.493 e. The van der Waals surface area contributed by atoms with Gasteiger partial charge in [0.1, 0.15) is 23.3 Å². The van der Waals surface area contributed by atoms with Crippen LogP contribution in [0.5, 0.6) is 11.5 Å². The molecule has 4 aromatic rings. The molecule has 0 spiro atoms. The van der Waals surface area contributed by atoms with Crippen molar-refractivity contribution in [2.24, 2.45) is 21.1 Å². The van der Waals surface area contributed by atoms with Crippen LogP contribution in [0, 0.1) is 0 Å². The van der Waals surface area contributed by atoms with Gasteiger partial charge in [-0.1, -0.05) is 0 Å². The summed E-state index contributed by atoms with van der Waals surface area (Å²) in [6.07, 6.45) is 7.67. The number of amides is 5. The third-order valence-corrected chi connectivity index (χ3v) is 10.4. The fraction of sp³-hybridized carbons (Fsp3) is 0.439. The zero-order valence-corrected chi connectivity index (χ0v) is 34.6. The molecule has 1 unspecified atom stereocenters. The fourth-order valence-corrected chi connectivity index (χ4v) is 7.40. The Kier molecular flexibility index (Phi) is 13.3. The Morgan fingerprint density at radius 2 is 1.39 bits per heavy atom. The van der Waals surface area contributed by atoms with Gasteiger partial charge < -0.3 is 64.3 Å². The summed E-state index contributed by atoms with van der Waals surface area (Å²) < 4.78 is 22.1. The van der Waals surface area contributed by atoms with Crippen LogP contribution in [0.1, 0.15) is 73.9 Å². The Morgan fingerprint density at radius 3 is 1.97 bits per heavy atom. The predicted molar refractivity (Wildman–Crippen MR) is 222 cm³/mol. The summed E-state index contributed by atoms with van der Waals surface area (Å²) in [6.45, 7) is 2.26. The Bertz CT molecular complexity index is 2200. The van der Waals surface area contributed by atoms with Crippen LogP contribution in [0.25, 0.3) is 0 Å². The number of hydrogen-bond donors (Lipinski definition) is 5. The Hall–Kier alpha value is -6.27. The second-order valence-corrected chi connectivity index (χ2v) is 15.1. The maximum atomic E-state index is 13.4. The van der Waals surface area contributed by atoms with Gasteiger partial charge in [-0.2, -0.15) is 0 Å². The topological polar surface area (TPSA) is 194 Å². The normalized spacial score (nSPS) is 15.9. The van der Waals surface area contributed by atoms with E-state index in [1.165, 1.54) is 7.11 Å². The molecule has 316 valence electrons. The average Bonchev–Trinajstić information content (AvgIpc) is 3.98. The molecule has 3 aromatic heterocycles. The van der Waals surface area contributed by atoms with Crippen molar-refractivity contribution >= 4 is 52.3 Å². The molecular formula is C41H54N10O8. The molecule has 1 aromatic carbocycles. The van der Waals surface area contributed by atoms with Gasteiger partial charge in [-0.3, -0.25) is 24.0 Å². The van der Waals surface area contributed by atoms with E-state index < -0.39 is 11.8 Å². The van der Waals surface area contributed by atoms with E-state index in [1.54, 1.807) is 90.9 Å². The summed E-state index contributed by atoms with van der Waals surface area (Å²) in [6, 6.07) is 8.08. The number of aromatic nitrogens is 3. The number of fused-ring (bicyclic) bond motifs is 2. The monoisotopic (exact) mass is 814 g/mol. The third-order valence-electron chi connectivity index (χ3n) is 10.4. The Morgan fingerprint density at radius 1 is 0.797 bits per heavy atom. The molecule has 2 aliphatic rings. The van der Waals surface area contributed by atoms with Crippen LogP contribution in [-0.4, -0.2) is 120 Å². The molecule has 0 aliphatic carbocycles. The standard InChI is InChI=1S/C41H54N10O8/c1-47(2)14-10-13-42-37(53)31-18-26(23-48(31)3)44-39(55)33-19-27(24-50(33)5)45-38(54)32-17-25(22-49(32)4)43-36(52)12-9-16-59-35-21-29-28(20-34(35)57-6)41(56)51-15-8-11-30(51)40(46-29)58-7/h17-24,30,40,46H,8-16H2,1-7H3,(H,42,53)(H,43,52)(H,44,55)(H,45,54)/t30-,40?/m0/s1. The van der Waals surface area contributed by atoms with Crippen molar-refractivity contribution in [2.45, 2.75) is 44.4 Å². The highest BCUT2D eigenvalue weighted by Crippen LogP contribution is 2.38. The zero-order chi connectivity index (χ0) is 42.4. The third kappa shape index (κ3) is 9.89. The minimum absolute atomic E-state index is 0.0666. The van der Waals surface area contributed by atoms with E-state index in [0.717, 1.165) is 25.8 Å². The molecule has 18 heteroatoms. The van der Waals surface area contributed by atoms with Crippen LogP contribution in [0.4, 0.5) is 22.7 Å². The molecule has 2 atom stereocenters. The number of carbonyl (C=O) groups is 5. The highest BCUT2D eigenvalue weighted by molar-refractivity contribution is 6.08. The average molecular weight is 815 g/mol. The number of benzene rings is 1. The van der Waals surface area contributed by atoms with Crippen LogP contribution < -0.4 is 36.1 Å². The van der Waals surface area contributed by atoms with E-state index in [1.807, 2.05) is 23.9 Å². The van der Waals surface area contributed by atoms with Gasteiger partial charge in [0, 0.05) is 72.4 Å². The molecular weight excluding hydrogens is 761 g/mol. The minimum atomic E-state index is -0.439. The number of carbonyl (C=O) groups excluding carboxylic acids is 5. The van der Waals surface area contributed by atoms with E-state index in [0.29, 0.717) is 65.0 Å². The number of anilines is 4. The van der Waals surface area contributed by atoms with Crippen molar-refractivity contribution in [3.05, 3.63) is 71.6 Å². The highest BCUT2D eigenvalue weighted by atomic mass is 16.5. The first-order valence-corrected chi connectivity index (χ1v) is 19.6. The fourth-order valence-electron chi connectivity index (χ4n) is 7.40. The first-order valence-electron chi connectivity index (χ1n) is 19.6. The van der Waals surface area contributed by atoms with E-state index in [9.17, 15) is 24.0 Å². The molecule has 59 heavy (non-hydrogen) atoms. The second kappa shape index (κ2) is 18.5. The number of nitrogens with zero attached hydrogens (tertiary/aromatic N) is 5. The molecule has 5 N–H and O–H groups in total. The number of hydrogen-bond acceptors (Lipinski definition) is 10. The first kappa shape index (κ1) is 42.3. The summed E-state index contributed by atoms with van der Waals surface area (Å²) in [4.78, 5) is 69.4. The van der Waals surface area contributed by atoms with Crippen LogP contribution in [0.3, 0.4) is 0 Å². The molecule has 1 fully saturated rings. The molecule has 0 radical (unpaired) electrons.